The first-order valence-electron chi connectivity index (χ1n) is 8.15. The molecule has 3 nitrogen and oxygen atoms in total. The van der Waals surface area contributed by atoms with Gasteiger partial charge in [0.05, 0.1) is 17.1 Å². The Bertz CT molecular complexity index is 594. The zero-order chi connectivity index (χ0) is 15.1. The predicted octanol–water partition coefficient (Wildman–Crippen LogP) is 4.22. The van der Waals surface area contributed by atoms with Crippen LogP contribution in [0.5, 0.6) is 0 Å². The van der Waals surface area contributed by atoms with E-state index < -0.39 is 0 Å². The van der Waals surface area contributed by atoms with E-state index in [1.165, 1.54) is 30.6 Å². The summed E-state index contributed by atoms with van der Waals surface area (Å²) in [7, 11) is 0. The van der Waals surface area contributed by atoms with Crippen molar-refractivity contribution in [3.63, 3.8) is 0 Å². The van der Waals surface area contributed by atoms with Crippen molar-refractivity contribution in [3.8, 4) is 0 Å². The summed E-state index contributed by atoms with van der Waals surface area (Å²) in [6.07, 6.45) is 1.35. The number of benzene rings is 1. The van der Waals surface area contributed by atoms with Gasteiger partial charge in [0.25, 0.3) is 0 Å². The molecule has 2 aromatic rings. The van der Waals surface area contributed by atoms with Crippen LogP contribution in [0.1, 0.15) is 50.2 Å². The van der Waals surface area contributed by atoms with Gasteiger partial charge in [-0.3, -0.25) is 4.90 Å². The molecule has 2 heterocycles. The molecule has 3 atom stereocenters. The van der Waals surface area contributed by atoms with Crippen molar-refractivity contribution in [2.75, 3.05) is 13.1 Å². The number of aryl methyl sites for hydroxylation is 2. The SMILES string of the molecule is Cc1cc2nc(C(C)N3CC(C)CC(C)C3)[nH]c2cc1C. The molecule has 0 radical (unpaired) electrons. The number of aromatic nitrogens is 2. The molecule has 21 heavy (non-hydrogen) atoms. The average molecular weight is 285 g/mol. The number of H-pyrrole nitrogens is 1. The zero-order valence-electron chi connectivity index (χ0n) is 13.9. The van der Waals surface area contributed by atoms with Crippen molar-refractivity contribution in [3.05, 3.63) is 29.1 Å². The van der Waals surface area contributed by atoms with Crippen molar-refractivity contribution in [1.29, 1.82) is 0 Å². The molecule has 1 aromatic heterocycles. The fraction of sp³-hybridized carbons (Fsp3) is 0.611. The number of nitrogens with zero attached hydrogens (tertiary/aromatic N) is 2. The van der Waals surface area contributed by atoms with E-state index in [0.29, 0.717) is 6.04 Å². The Morgan fingerprint density at radius 2 is 1.76 bits per heavy atom. The van der Waals surface area contributed by atoms with E-state index in [1.54, 1.807) is 0 Å². The van der Waals surface area contributed by atoms with Gasteiger partial charge in [-0.25, -0.2) is 4.98 Å². The minimum Gasteiger partial charge on any atom is -0.341 e. The lowest BCUT2D eigenvalue weighted by molar-refractivity contribution is 0.0997. The fourth-order valence-corrected chi connectivity index (χ4v) is 3.69. The van der Waals surface area contributed by atoms with E-state index in [9.17, 15) is 0 Å². The van der Waals surface area contributed by atoms with Gasteiger partial charge < -0.3 is 4.98 Å². The summed E-state index contributed by atoms with van der Waals surface area (Å²) in [6.45, 7) is 13.7. The van der Waals surface area contributed by atoms with Crippen molar-refractivity contribution < 1.29 is 0 Å². The first-order chi connectivity index (χ1) is 9.94. The Labute approximate surface area is 127 Å². The Hall–Kier alpha value is -1.35. The van der Waals surface area contributed by atoms with Crippen LogP contribution < -0.4 is 0 Å². The standard InChI is InChI=1S/C18H27N3/c1-11-6-12(2)10-21(9-11)15(5)18-19-16-7-13(3)14(4)8-17(16)20-18/h7-8,11-12,15H,6,9-10H2,1-5H3,(H,19,20). The molecule has 3 rings (SSSR count). The minimum absolute atomic E-state index is 0.364. The summed E-state index contributed by atoms with van der Waals surface area (Å²) < 4.78 is 0. The summed E-state index contributed by atoms with van der Waals surface area (Å²) in [5, 5.41) is 0. The number of imidazole rings is 1. The van der Waals surface area contributed by atoms with Gasteiger partial charge >= 0.3 is 0 Å². The van der Waals surface area contributed by atoms with Gasteiger partial charge in [0.1, 0.15) is 5.82 Å². The third-order valence-corrected chi connectivity index (χ3v) is 4.96. The van der Waals surface area contributed by atoms with Crippen LogP contribution in [0.3, 0.4) is 0 Å². The van der Waals surface area contributed by atoms with Crippen molar-refractivity contribution >= 4 is 11.0 Å². The molecular weight excluding hydrogens is 258 g/mol. The molecule has 3 unspecified atom stereocenters. The molecule has 0 aliphatic carbocycles. The van der Waals surface area contributed by atoms with Gasteiger partial charge in [-0.15, -0.1) is 0 Å². The molecule has 1 aliphatic heterocycles. The smallest absolute Gasteiger partial charge is 0.124 e. The van der Waals surface area contributed by atoms with E-state index in [0.717, 1.165) is 28.7 Å². The first kappa shape index (κ1) is 14.6. The minimum atomic E-state index is 0.364. The number of hydrogen-bond acceptors (Lipinski definition) is 2. The molecule has 1 aromatic carbocycles. The van der Waals surface area contributed by atoms with Gasteiger partial charge in [-0.05, 0) is 62.3 Å². The summed E-state index contributed by atoms with van der Waals surface area (Å²) >= 11 is 0. The van der Waals surface area contributed by atoms with Crippen LogP contribution >= 0.6 is 0 Å². The number of piperidine rings is 1. The third-order valence-electron chi connectivity index (χ3n) is 4.96. The average Bonchev–Trinajstić information content (AvgIpc) is 2.80. The highest BCUT2D eigenvalue weighted by molar-refractivity contribution is 5.77. The van der Waals surface area contributed by atoms with E-state index in [1.807, 2.05) is 0 Å². The molecule has 0 amide bonds. The van der Waals surface area contributed by atoms with E-state index in [-0.39, 0.29) is 0 Å². The molecule has 0 bridgehead atoms. The topological polar surface area (TPSA) is 31.9 Å². The highest BCUT2D eigenvalue weighted by Gasteiger charge is 2.27. The lowest BCUT2D eigenvalue weighted by Crippen LogP contribution is -2.40. The van der Waals surface area contributed by atoms with E-state index >= 15 is 0 Å². The number of nitrogens with one attached hydrogen (secondary N) is 1. The van der Waals surface area contributed by atoms with Gasteiger partial charge in [-0.2, -0.15) is 0 Å². The second-order valence-corrected chi connectivity index (χ2v) is 7.15. The number of hydrogen-bond donors (Lipinski definition) is 1. The molecule has 0 spiro atoms. The molecule has 114 valence electrons. The first-order valence-corrected chi connectivity index (χ1v) is 8.15. The third kappa shape index (κ3) is 2.84. The van der Waals surface area contributed by atoms with Crippen LogP contribution in [0.2, 0.25) is 0 Å². The summed E-state index contributed by atoms with van der Waals surface area (Å²) in [5.74, 6) is 2.67. The van der Waals surface area contributed by atoms with Gasteiger partial charge in [0, 0.05) is 13.1 Å². The fourth-order valence-electron chi connectivity index (χ4n) is 3.69. The highest BCUT2D eigenvalue weighted by atomic mass is 15.2. The molecule has 0 saturated carbocycles. The summed E-state index contributed by atoms with van der Waals surface area (Å²) in [5.41, 5.74) is 4.90. The van der Waals surface area contributed by atoms with Crippen LogP contribution in [0.4, 0.5) is 0 Å². The normalized spacial score (nSPS) is 25.4. The Morgan fingerprint density at radius 3 is 2.43 bits per heavy atom. The summed E-state index contributed by atoms with van der Waals surface area (Å²) in [4.78, 5) is 11.0. The molecule has 3 heteroatoms. The highest BCUT2D eigenvalue weighted by Crippen LogP contribution is 2.29. The van der Waals surface area contributed by atoms with Gasteiger partial charge in [0.15, 0.2) is 0 Å². The predicted molar refractivity (Wildman–Crippen MR) is 88.5 cm³/mol. The number of rotatable bonds is 2. The van der Waals surface area contributed by atoms with E-state index in [2.05, 4.69) is 56.6 Å². The van der Waals surface area contributed by atoms with Crippen molar-refractivity contribution in [2.45, 2.75) is 47.1 Å². The maximum atomic E-state index is 4.84. The second-order valence-electron chi connectivity index (χ2n) is 7.15. The maximum Gasteiger partial charge on any atom is 0.124 e. The van der Waals surface area contributed by atoms with Crippen LogP contribution in [-0.4, -0.2) is 28.0 Å². The van der Waals surface area contributed by atoms with Crippen molar-refractivity contribution in [1.82, 2.24) is 14.9 Å². The largest absolute Gasteiger partial charge is 0.341 e. The van der Waals surface area contributed by atoms with Gasteiger partial charge in [-0.1, -0.05) is 13.8 Å². The zero-order valence-corrected chi connectivity index (χ0v) is 13.9. The van der Waals surface area contributed by atoms with Crippen molar-refractivity contribution in [2.24, 2.45) is 11.8 Å². The quantitative estimate of drug-likeness (QED) is 0.896. The molecule has 1 aliphatic rings. The molecule has 1 fully saturated rings. The van der Waals surface area contributed by atoms with E-state index in [4.69, 9.17) is 4.98 Å². The molecule has 1 saturated heterocycles. The molecule has 1 N–H and O–H groups in total. The maximum absolute atomic E-state index is 4.84. The van der Waals surface area contributed by atoms with Crippen LogP contribution in [0.15, 0.2) is 12.1 Å². The Morgan fingerprint density at radius 1 is 1.14 bits per heavy atom. The van der Waals surface area contributed by atoms with Crippen LogP contribution in [0.25, 0.3) is 11.0 Å². The lowest BCUT2D eigenvalue weighted by Gasteiger charge is -2.38. The second kappa shape index (κ2) is 5.45. The number of aromatic amines is 1. The van der Waals surface area contributed by atoms with Crippen LogP contribution in [0, 0.1) is 25.7 Å². The van der Waals surface area contributed by atoms with Gasteiger partial charge in [0.2, 0.25) is 0 Å². The number of fused-ring (bicyclic) bond motifs is 1. The Kier molecular flexibility index (Phi) is 3.78. The Balaban J connectivity index is 1.89. The van der Waals surface area contributed by atoms with Crippen LogP contribution in [-0.2, 0) is 0 Å². The number of likely N-dealkylation sites (tertiary alicyclic amines) is 1. The monoisotopic (exact) mass is 285 g/mol. The molecular formula is C18H27N3. The summed E-state index contributed by atoms with van der Waals surface area (Å²) in [6, 6.07) is 4.77. The lowest BCUT2D eigenvalue weighted by atomic mass is 9.91.